The molecule has 0 radical (unpaired) electrons. The maximum Gasteiger partial charge on any atom is 0.239 e. The van der Waals surface area contributed by atoms with Crippen molar-refractivity contribution in [1.82, 2.24) is 4.57 Å². The van der Waals surface area contributed by atoms with Gasteiger partial charge in [-0.05, 0) is 12.1 Å². The Kier molecular flexibility index (Phi) is 2.99. The van der Waals surface area contributed by atoms with Crippen molar-refractivity contribution in [3.63, 3.8) is 0 Å². The molecule has 0 spiro atoms. The molecular weight excluding hydrogens is 234 g/mol. The molecule has 0 unspecified atom stereocenters. The van der Waals surface area contributed by atoms with Crippen molar-refractivity contribution >= 4 is 27.3 Å². The Morgan fingerprint density at radius 2 is 2.00 bits per heavy atom. The van der Waals surface area contributed by atoms with Crippen molar-refractivity contribution in [3.8, 4) is 12.1 Å². The van der Waals surface area contributed by atoms with Crippen LogP contribution in [-0.4, -0.2) is 10.3 Å². The number of rotatable bonds is 1. The number of hydrogen-bond acceptors (Lipinski definition) is 5. The molecule has 5 nitrogen and oxygen atoms in total. The first kappa shape index (κ1) is 11.1. The van der Waals surface area contributed by atoms with Gasteiger partial charge in [-0.25, -0.2) is 0 Å². The molecule has 0 aliphatic carbocycles. The van der Waals surface area contributed by atoms with Gasteiger partial charge in [0, 0.05) is 7.05 Å². The van der Waals surface area contributed by atoms with Gasteiger partial charge in [0.05, 0.1) is 10.2 Å². The second-order valence-electron chi connectivity index (χ2n) is 3.18. The van der Waals surface area contributed by atoms with Gasteiger partial charge in [-0.15, -0.1) is 10.2 Å². The van der Waals surface area contributed by atoms with Gasteiger partial charge < -0.3 is 4.57 Å². The number of thiazole rings is 1. The first-order chi connectivity index (χ1) is 8.26. The molecule has 17 heavy (non-hydrogen) atoms. The number of para-hydroxylation sites is 1. The molecular formula is C11H7N5S. The molecule has 1 aromatic carbocycles. The molecule has 2 rings (SSSR count). The van der Waals surface area contributed by atoms with E-state index in [1.165, 1.54) is 11.3 Å². The van der Waals surface area contributed by atoms with E-state index in [1.807, 2.05) is 35.9 Å². The predicted octanol–water partition coefficient (Wildman–Crippen LogP) is 1.54. The highest BCUT2D eigenvalue weighted by molar-refractivity contribution is 7.16. The van der Waals surface area contributed by atoms with E-state index in [-0.39, 0.29) is 5.71 Å². The number of aryl methyl sites for hydroxylation is 1. The quantitative estimate of drug-likeness (QED) is 0.561. The van der Waals surface area contributed by atoms with Gasteiger partial charge in [0.25, 0.3) is 0 Å². The third-order valence-electron chi connectivity index (χ3n) is 2.16. The standard InChI is InChI=1S/C11H7N5S/c1-16-9-4-2-3-5-10(9)17-11(16)15-14-8(6-12)7-13/h2-5H,1H3/b15-11+. The van der Waals surface area contributed by atoms with Crippen molar-refractivity contribution in [2.75, 3.05) is 0 Å². The summed E-state index contributed by atoms with van der Waals surface area (Å²) in [5, 5.41) is 24.6. The van der Waals surface area contributed by atoms with Crippen LogP contribution in [0.5, 0.6) is 0 Å². The van der Waals surface area contributed by atoms with Gasteiger partial charge in [0.1, 0.15) is 12.1 Å². The topological polar surface area (TPSA) is 77.2 Å². The summed E-state index contributed by atoms with van der Waals surface area (Å²) in [7, 11) is 1.87. The molecule has 0 atom stereocenters. The lowest BCUT2D eigenvalue weighted by molar-refractivity contribution is 0.889. The van der Waals surface area contributed by atoms with E-state index in [9.17, 15) is 0 Å². The van der Waals surface area contributed by atoms with Gasteiger partial charge in [-0.3, -0.25) is 0 Å². The summed E-state index contributed by atoms with van der Waals surface area (Å²) in [6.45, 7) is 0. The molecule has 6 heteroatoms. The Bertz CT molecular complexity index is 720. The lowest BCUT2D eigenvalue weighted by Crippen LogP contribution is -2.09. The smallest absolute Gasteiger partial charge is 0.239 e. The average Bonchev–Trinajstić information content (AvgIpc) is 2.68. The molecule has 0 saturated heterocycles. The monoisotopic (exact) mass is 241 g/mol. The van der Waals surface area contributed by atoms with E-state index in [0.717, 1.165) is 10.2 Å². The third-order valence-corrected chi connectivity index (χ3v) is 3.27. The summed E-state index contributed by atoms with van der Waals surface area (Å²) in [5.74, 6) is 0. The number of hydrogen-bond donors (Lipinski definition) is 0. The fourth-order valence-corrected chi connectivity index (χ4v) is 2.31. The summed E-state index contributed by atoms with van der Waals surface area (Å²) in [6, 6.07) is 11.2. The number of aromatic nitrogens is 1. The summed E-state index contributed by atoms with van der Waals surface area (Å²) >= 11 is 1.46. The summed E-state index contributed by atoms with van der Waals surface area (Å²) in [6.07, 6.45) is 0. The zero-order chi connectivity index (χ0) is 12.3. The minimum absolute atomic E-state index is 0.248. The highest BCUT2D eigenvalue weighted by Gasteiger charge is 2.00. The van der Waals surface area contributed by atoms with Crippen LogP contribution >= 0.6 is 11.3 Å². The Labute approximate surface area is 101 Å². The van der Waals surface area contributed by atoms with Crippen LogP contribution in [0.4, 0.5) is 0 Å². The molecule has 0 saturated carbocycles. The molecule has 82 valence electrons. The number of benzene rings is 1. The van der Waals surface area contributed by atoms with Gasteiger partial charge in [-0.2, -0.15) is 10.5 Å². The first-order valence-electron chi connectivity index (χ1n) is 4.72. The second kappa shape index (κ2) is 4.60. The summed E-state index contributed by atoms with van der Waals surface area (Å²) in [4.78, 5) is 0.647. The molecule has 0 bridgehead atoms. The fourth-order valence-electron chi connectivity index (χ4n) is 1.34. The van der Waals surface area contributed by atoms with Gasteiger partial charge in [0.2, 0.25) is 10.5 Å². The van der Waals surface area contributed by atoms with Crippen LogP contribution in [0.1, 0.15) is 0 Å². The maximum atomic E-state index is 8.55. The van der Waals surface area contributed by atoms with Crippen molar-refractivity contribution in [1.29, 1.82) is 10.5 Å². The number of nitriles is 2. The first-order valence-corrected chi connectivity index (χ1v) is 5.54. The van der Waals surface area contributed by atoms with Crippen LogP contribution < -0.4 is 4.80 Å². The van der Waals surface area contributed by atoms with Gasteiger partial charge >= 0.3 is 0 Å². The lowest BCUT2D eigenvalue weighted by atomic mass is 10.3. The van der Waals surface area contributed by atoms with Gasteiger partial charge in [0.15, 0.2) is 0 Å². The van der Waals surface area contributed by atoms with E-state index in [4.69, 9.17) is 10.5 Å². The Morgan fingerprint density at radius 3 is 2.65 bits per heavy atom. The second-order valence-corrected chi connectivity index (χ2v) is 4.19. The summed E-state index contributed by atoms with van der Waals surface area (Å²) < 4.78 is 2.95. The van der Waals surface area contributed by atoms with Crippen molar-refractivity contribution in [2.24, 2.45) is 17.3 Å². The molecule has 0 fully saturated rings. The largest absolute Gasteiger partial charge is 0.318 e. The normalized spacial score (nSPS) is 10.9. The lowest BCUT2D eigenvalue weighted by Gasteiger charge is -1.92. The van der Waals surface area contributed by atoms with Crippen LogP contribution in [0.25, 0.3) is 10.2 Å². The molecule has 0 N–H and O–H groups in total. The minimum Gasteiger partial charge on any atom is -0.318 e. The van der Waals surface area contributed by atoms with Gasteiger partial charge in [-0.1, -0.05) is 23.5 Å². The van der Waals surface area contributed by atoms with Crippen LogP contribution in [0.3, 0.4) is 0 Å². The highest BCUT2D eigenvalue weighted by atomic mass is 32.1. The van der Waals surface area contributed by atoms with E-state index in [2.05, 4.69) is 10.2 Å². The third kappa shape index (κ3) is 2.07. The molecule has 1 heterocycles. The van der Waals surface area contributed by atoms with Crippen LogP contribution in [-0.2, 0) is 7.05 Å². The predicted molar refractivity (Wildman–Crippen MR) is 65.0 cm³/mol. The summed E-state index contributed by atoms with van der Waals surface area (Å²) in [5.41, 5.74) is 0.796. The Hall–Kier alpha value is -2.44. The minimum atomic E-state index is -0.248. The molecule has 0 aliphatic heterocycles. The van der Waals surface area contributed by atoms with Crippen molar-refractivity contribution in [2.45, 2.75) is 0 Å². The van der Waals surface area contributed by atoms with Crippen LogP contribution in [0.2, 0.25) is 0 Å². The van der Waals surface area contributed by atoms with E-state index >= 15 is 0 Å². The number of fused-ring (bicyclic) bond motifs is 1. The molecule has 1 aromatic heterocycles. The highest BCUT2D eigenvalue weighted by Crippen LogP contribution is 2.14. The Morgan fingerprint density at radius 1 is 1.29 bits per heavy atom. The Balaban J connectivity index is 2.62. The van der Waals surface area contributed by atoms with Crippen molar-refractivity contribution in [3.05, 3.63) is 29.1 Å². The average molecular weight is 241 g/mol. The van der Waals surface area contributed by atoms with Crippen LogP contribution in [0.15, 0.2) is 34.5 Å². The van der Waals surface area contributed by atoms with E-state index < -0.39 is 0 Å². The molecule has 0 aliphatic rings. The van der Waals surface area contributed by atoms with E-state index in [1.54, 1.807) is 12.1 Å². The zero-order valence-electron chi connectivity index (χ0n) is 8.95. The van der Waals surface area contributed by atoms with Crippen LogP contribution in [0, 0.1) is 22.7 Å². The zero-order valence-corrected chi connectivity index (χ0v) is 9.77. The van der Waals surface area contributed by atoms with E-state index in [0.29, 0.717) is 4.80 Å². The number of nitrogens with zero attached hydrogens (tertiary/aromatic N) is 5. The molecule has 0 amide bonds. The van der Waals surface area contributed by atoms with Crippen molar-refractivity contribution < 1.29 is 0 Å². The maximum absolute atomic E-state index is 8.55. The fraction of sp³-hybridized carbons (Fsp3) is 0.0909. The SMILES string of the molecule is Cn1/c(=N\N=C(C#N)C#N)sc2ccccc21. The molecule has 2 aromatic rings.